The van der Waals surface area contributed by atoms with Crippen molar-refractivity contribution in [2.75, 3.05) is 6.54 Å². The minimum Gasteiger partial charge on any atom is -0.294 e. The number of pyridine rings is 1. The number of fused-ring (bicyclic) bond motifs is 2. The summed E-state index contributed by atoms with van der Waals surface area (Å²) >= 11 is 0. The van der Waals surface area contributed by atoms with E-state index in [0.29, 0.717) is 12.5 Å². The molecule has 3 aromatic heterocycles. The fraction of sp³-hybridized carbons (Fsp3) is 0.389. The molecule has 0 aromatic carbocycles. The minimum atomic E-state index is 0.0535. The summed E-state index contributed by atoms with van der Waals surface area (Å²) in [5.74, 6) is 0.588. The molecule has 1 saturated carbocycles. The fourth-order valence-electron chi connectivity index (χ4n) is 3.54. The molecule has 0 unspecified atom stereocenters. The Morgan fingerprint density at radius 3 is 3.04 bits per heavy atom. The number of hydrogen-bond acceptors (Lipinski definition) is 4. The van der Waals surface area contributed by atoms with Crippen LogP contribution in [0.5, 0.6) is 0 Å². The van der Waals surface area contributed by atoms with Crippen LogP contribution in [0.15, 0.2) is 35.4 Å². The van der Waals surface area contributed by atoms with E-state index in [2.05, 4.69) is 21.0 Å². The molecule has 0 bridgehead atoms. The SMILES string of the molecule is O=c1c2c(nc3cc(C4CC4)[nH]n13)CCN(Cc1cccnc1)C2. The van der Waals surface area contributed by atoms with Crippen LogP contribution in [0.1, 0.15) is 41.3 Å². The Hall–Kier alpha value is -2.47. The third-order valence-electron chi connectivity index (χ3n) is 5.01. The largest absolute Gasteiger partial charge is 0.294 e. The summed E-state index contributed by atoms with van der Waals surface area (Å²) in [7, 11) is 0. The van der Waals surface area contributed by atoms with E-state index in [1.807, 2.05) is 18.3 Å². The second kappa shape index (κ2) is 5.27. The van der Waals surface area contributed by atoms with Gasteiger partial charge in [-0.05, 0) is 24.5 Å². The van der Waals surface area contributed by atoms with Crippen LogP contribution in [-0.2, 0) is 19.5 Å². The number of aromatic nitrogens is 4. The normalized spacial score (nSPS) is 18.0. The molecular formula is C18H19N5O. The molecular weight excluding hydrogens is 302 g/mol. The van der Waals surface area contributed by atoms with E-state index >= 15 is 0 Å². The maximum Gasteiger partial charge on any atom is 0.277 e. The van der Waals surface area contributed by atoms with Crippen LogP contribution in [0, 0.1) is 0 Å². The summed E-state index contributed by atoms with van der Waals surface area (Å²) in [5, 5.41) is 3.25. The van der Waals surface area contributed by atoms with Crippen molar-refractivity contribution in [1.82, 2.24) is 24.5 Å². The molecule has 0 amide bonds. The Labute approximate surface area is 139 Å². The Balaban J connectivity index is 1.48. The second-order valence-corrected chi connectivity index (χ2v) is 6.84. The van der Waals surface area contributed by atoms with E-state index in [4.69, 9.17) is 4.98 Å². The lowest BCUT2D eigenvalue weighted by Crippen LogP contribution is -2.36. The van der Waals surface area contributed by atoms with Crippen molar-refractivity contribution in [1.29, 1.82) is 0 Å². The lowest BCUT2D eigenvalue weighted by molar-refractivity contribution is 0.241. The number of aromatic amines is 1. The number of nitrogens with zero attached hydrogens (tertiary/aromatic N) is 4. The van der Waals surface area contributed by atoms with E-state index < -0.39 is 0 Å². The number of rotatable bonds is 3. The Kier molecular flexibility index (Phi) is 3.06. The highest BCUT2D eigenvalue weighted by Crippen LogP contribution is 2.39. The molecule has 1 N–H and O–H groups in total. The van der Waals surface area contributed by atoms with Crippen LogP contribution in [0.3, 0.4) is 0 Å². The van der Waals surface area contributed by atoms with Gasteiger partial charge in [-0.3, -0.25) is 19.8 Å². The molecule has 2 aliphatic rings. The molecule has 5 rings (SSSR count). The van der Waals surface area contributed by atoms with Gasteiger partial charge < -0.3 is 0 Å². The standard InChI is InChI=1S/C18H19N5O/c24-18-14-11-22(10-12-2-1-6-19-9-12)7-5-15(14)20-17-8-16(13-3-4-13)21-23(17)18/h1-2,6,8-9,13,21H,3-5,7,10-11H2. The number of nitrogens with one attached hydrogen (secondary N) is 1. The molecule has 1 aliphatic carbocycles. The highest BCUT2D eigenvalue weighted by atomic mass is 16.1. The van der Waals surface area contributed by atoms with Crippen LogP contribution in [0.2, 0.25) is 0 Å². The monoisotopic (exact) mass is 321 g/mol. The van der Waals surface area contributed by atoms with Crippen molar-refractivity contribution >= 4 is 5.65 Å². The quantitative estimate of drug-likeness (QED) is 0.799. The molecule has 24 heavy (non-hydrogen) atoms. The lowest BCUT2D eigenvalue weighted by atomic mass is 10.1. The predicted molar refractivity (Wildman–Crippen MR) is 89.8 cm³/mol. The Bertz CT molecular complexity index is 955. The van der Waals surface area contributed by atoms with E-state index in [1.54, 1.807) is 10.7 Å². The Morgan fingerprint density at radius 2 is 2.25 bits per heavy atom. The molecule has 0 radical (unpaired) electrons. The third kappa shape index (κ3) is 2.34. The van der Waals surface area contributed by atoms with Gasteiger partial charge in [0.2, 0.25) is 0 Å². The maximum atomic E-state index is 12.9. The first-order valence-corrected chi connectivity index (χ1v) is 8.52. The van der Waals surface area contributed by atoms with Gasteiger partial charge in [0.1, 0.15) is 0 Å². The molecule has 0 atom stereocenters. The zero-order chi connectivity index (χ0) is 16.1. The molecule has 3 aromatic rings. The topological polar surface area (TPSA) is 66.3 Å². The molecule has 1 aliphatic heterocycles. The molecule has 122 valence electrons. The van der Waals surface area contributed by atoms with Crippen molar-refractivity contribution in [2.24, 2.45) is 0 Å². The summed E-state index contributed by atoms with van der Waals surface area (Å²) in [6.07, 6.45) is 6.91. The van der Waals surface area contributed by atoms with Gasteiger partial charge in [0.15, 0.2) is 5.65 Å². The van der Waals surface area contributed by atoms with Crippen LogP contribution >= 0.6 is 0 Å². The second-order valence-electron chi connectivity index (χ2n) is 6.84. The number of H-pyrrole nitrogens is 1. The Morgan fingerprint density at radius 1 is 1.33 bits per heavy atom. The van der Waals surface area contributed by atoms with Crippen molar-refractivity contribution in [3.05, 3.63) is 63.5 Å². The van der Waals surface area contributed by atoms with Gasteiger partial charge in [-0.15, -0.1) is 0 Å². The maximum absolute atomic E-state index is 12.9. The van der Waals surface area contributed by atoms with Gasteiger partial charge in [-0.25, -0.2) is 9.50 Å². The summed E-state index contributed by atoms with van der Waals surface area (Å²) < 4.78 is 1.63. The zero-order valence-electron chi connectivity index (χ0n) is 13.4. The summed E-state index contributed by atoms with van der Waals surface area (Å²) in [4.78, 5) is 24.1. The average Bonchev–Trinajstić information content (AvgIpc) is 3.37. The number of hydrogen-bond donors (Lipinski definition) is 1. The van der Waals surface area contributed by atoms with E-state index in [0.717, 1.165) is 42.1 Å². The van der Waals surface area contributed by atoms with Crippen molar-refractivity contribution in [3.8, 4) is 0 Å². The van der Waals surface area contributed by atoms with Gasteiger partial charge in [-0.2, -0.15) is 0 Å². The zero-order valence-corrected chi connectivity index (χ0v) is 13.4. The van der Waals surface area contributed by atoms with E-state index in [1.165, 1.54) is 18.4 Å². The van der Waals surface area contributed by atoms with Gasteiger partial charge >= 0.3 is 0 Å². The molecule has 4 heterocycles. The molecule has 6 nitrogen and oxygen atoms in total. The first-order valence-electron chi connectivity index (χ1n) is 8.52. The molecule has 0 spiro atoms. The highest BCUT2D eigenvalue weighted by Gasteiger charge is 2.27. The molecule has 1 fully saturated rings. The first kappa shape index (κ1) is 13.9. The van der Waals surface area contributed by atoms with E-state index in [-0.39, 0.29) is 5.56 Å². The summed E-state index contributed by atoms with van der Waals surface area (Å²) in [5.41, 5.74) is 4.93. The van der Waals surface area contributed by atoms with Crippen molar-refractivity contribution in [2.45, 2.75) is 38.3 Å². The fourth-order valence-corrected chi connectivity index (χ4v) is 3.54. The van der Waals surface area contributed by atoms with Crippen molar-refractivity contribution < 1.29 is 0 Å². The van der Waals surface area contributed by atoms with Crippen LogP contribution in [0.4, 0.5) is 0 Å². The smallest absolute Gasteiger partial charge is 0.277 e. The van der Waals surface area contributed by atoms with Gasteiger partial charge in [0.05, 0.1) is 11.3 Å². The third-order valence-corrected chi connectivity index (χ3v) is 5.01. The minimum absolute atomic E-state index is 0.0535. The average molecular weight is 321 g/mol. The van der Waals surface area contributed by atoms with Gasteiger partial charge in [0.25, 0.3) is 5.56 Å². The predicted octanol–water partition coefficient (Wildman–Crippen LogP) is 1.85. The van der Waals surface area contributed by atoms with Crippen molar-refractivity contribution in [3.63, 3.8) is 0 Å². The van der Waals surface area contributed by atoms with Gasteiger partial charge in [-0.1, -0.05) is 6.07 Å². The summed E-state index contributed by atoms with van der Waals surface area (Å²) in [6.45, 7) is 2.38. The van der Waals surface area contributed by atoms with E-state index in [9.17, 15) is 4.79 Å². The molecule has 0 saturated heterocycles. The molecule has 6 heteroatoms. The van der Waals surface area contributed by atoms with Gasteiger partial charge in [0, 0.05) is 56.1 Å². The lowest BCUT2D eigenvalue weighted by Gasteiger charge is -2.27. The first-order chi connectivity index (χ1) is 11.8. The van der Waals surface area contributed by atoms with Crippen LogP contribution < -0.4 is 5.56 Å². The summed E-state index contributed by atoms with van der Waals surface area (Å²) in [6, 6.07) is 6.07. The van der Waals surface area contributed by atoms with Crippen LogP contribution in [0.25, 0.3) is 5.65 Å². The highest BCUT2D eigenvalue weighted by molar-refractivity contribution is 5.43. The van der Waals surface area contributed by atoms with Crippen LogP contribution in [-0.4, -0.2) is 31.0 Å².